The molecule has 0 radical (unpaired) electrons. The van der Waals surface area contributed by atoms with Crippen molar-refractivity contribution in [2.45, 2.75) is 68.2 Å². The van der Waals surface area contributed by atoms with Crippen LogP contribution >= 0.6 is 23.2 Å². The molecule has 1 saturated heterocycles. The van der Waals surface area contributed by atoms with Crippen molar-refractivity contribution < 1.29 is 17.9 Å². The standard InChI is InChI=1S/C27H30Cl2F3NO/c28-21-15-19(16-22(29)17-21)25-23-3-1-2-4-24(23)26(34-25)10-13-33(14-11-26)12-9-18-5-7-20(8-6-18)27(30,31)32/h1-5,15,17,20,22,25H,6-14,16H2. The summed E-state index contributed by atoms with van der Waals surface area (Å²) in [6.45, 7) is 2.72. The van der Waals surface area contributed by atoms with Crippen LogP contribution in [0.4, 0.5) is 13.2 Å². The fourth-order valence-electron chi connectivity index (χ4n) is 5.93. The van der Waals surface area contributed by atoms with E-state index in [2.05, 4.69) is 29.2 Å². The molecule has 2 aliphatic carbocycles. The second-order valence-electron chi connectivity index (χ2n) is 10.0. The monoisotopic (exact) mass is 511 g/mol. The van der Waals surface area contributed by atoms with E-state index >= 15 is 0 Å². The van der Waals surface area contributed by atoms with Gasteiger partial charge in [-0.1, -0.05) is 47.5 Å². The summed E-state index contributed by atoms with van der Waals surface area (Å²) < 4.78 is 45.6. The first-order valence-corrected chi connectivity index (χ1v) is 13.0. The van der Waals surface area contributed by atoms with Gasteiger partial charge in [0.1, 0.15) is 6.10 Å². The normalized spacial score (nSPS) is 29.4. The third-order valence-electron chi connectivity index (χ3n) is 7.89. The van der Waals surface area contributed by atoms with Crippen molar-refractivity contribution in [3.63, 3.8) is 0 Å². The van der Waals surface area contributed by atoms with Gasteiger partial charge in [-0.15, -0.1) is 11.6 Å². The Hall–Kier alpha value is -1.27. The number of rotatable bonds is 4. The van der Waals surface area contributed by atoms with Crippen LogP contribution in [0.5, 0.6) is 0 Å². The zero-order valence-corrected chi connectivity index (χ0v) is 20.6. The van der Waals surface area contributed by atoms with Gasteiger partial charge in [0, 0.05) is 24.7 Å². The number of fused-ring (bicyclic) bond motifs is 2. The van der Waals surface area contributed by atoms with Gasteiger partial charge in [-0.2, -0.15) is 13.2 Å². The maximum atomic E-state index is 12.9. The molecule has 0 aromatic heterocycles. The predicted octanol–water partition coefficient (Wildman–Crippen LogP) is 7.79. The van der Waals surface area contributed by atoms with Crippen LogP contribution in [0, 0.1) is 5.92 Å². The zero-order valence-electron chi connectivity index (χ0n) is 19.1. The lowest BCUT2D eigenvalue weighted by molar-refractivity contribution is -0.176. The van der Waals surface area contributed by atoms with Gasteiger partial charge in [-0.3, -0.25) is 0 Å². The van der Waals surface area contributed by atoms with E-state index < -0.39 is 12.1 Å². The smallest absolute Gasteiger partial charge is 0.358 e. The molecule has 1 aromatic carbocycles. The van der Waals surface area contributed by atoms with Gasteiger partial charge in [-0.25, -0.2) is 0 Å². The highest BCUT2D eigenvalue weighted by atomic mass is 35.5. The van der Waals surface area contributed by atoms with Crippen molar-refractivity contribution in [3.8, 4) is 0 Å². The molecule has 5 rings (SSSR count). The van der Waals surface area contributed by atoms with Crippen molar-refractivity contribution in [1.29, 1.82) is 0 Å². The minimum atomic E-state index is -4.07. The highest BCUT2D eigenvalue weighted by molar-refractivity contribution is 6.32. The van der Waals surface area contributed by atoms with Crippen LogP contribution in [0.1, 0.15) is 62.2 Å². The molecule has 34 heavy (non-hydrogen) atoms. The maximum absolute atomic E-state index is 12.9. The van der Waals surface area contributed by atoms with E-state index in [9.17, 15) is 13.2 Å². The van der Waals surface area contributed by atoms with E-state index in [0.717, 1.165) is 50.9 Å². The molecule has 0 N–H and O–H groups in total. The average molecular weight is 512 g/mol. The molecule has 2 aliphatic heterocycles. The molecular weight excluding hydrogens is 482 g/mol. The van der Waals surface area contributed by atoms with E-state index in [4.69, 9.17) is 27.9 Å². The van der Waals surface area contributed by atoms with Crippen LogP contribution in [0.25, 0.3) is 0 Å². The third kappa shape index (κ3) is 5.00. The van der Waals surface area contributed by atoms with Crippen molar-refractivity contribution in [1.82, 2.24) is 4.90 Å². The Morgan fingerprint density at radius 3 is 2.59 bits per heavy atom. The second-order valence-corrected chi connectivity index (χ2v) is 11.0. The minimum Gasteiger partial charge on any atom is -0.358 e. The molecule has 4 aliphatic rings. The number of hydrogen-bond acceptors (Lipinski definition) is 2. The molecular formula is C27H30Cl2F3NO. The molecule has 3 atom stereocenters. The number of ether oxygens (including phenoxy) is 1. The Morgan fingerprint density at radius 1 is 1.15 bits per heavy atom. The first kappa shape index (κ1) is 24.4. The highest BCUT2D eigenvalue weighted by Crippen LogP contribution is 2.53. The van der Waals surface area contributed by atoms with E-state index in [0.29, 0.717) is 11.5 Å². The lowest BCUT2D eigenvalue weighted by atomic mass is 9.82. The molecule has 184 valence electrons. The number of alkyl halides is 4. The number of hydrogen-bond donors (Lipinski definition) is 0. The van der Waals surface area contributed by atoms with Crippen LogP contribution in [0.3, 0.4) is 0 Å². The van der Waals surface area contributed by atoms with Gasteiger partial charge in [0.25, 0.3) is 0 Å². The van der Waals surface area contributed by atoms with E-state index in [1.807, 2.05) is 18.2 Å². The largest absolute Gasteiger partial charge is 0.392 e. The molecule has 0 bridgehead atoms. The minimum absolute atomic E-state index is 0.123. The summed E-state index contributed by atoms with van der Waals surface area (Å²) in [5, 5.41) is 0.541. The Bertz CT molecular complexity index is 1010. The van der Waals surface area contributed by atoms with Gasteiger partial charge in [0.2, 0.25) is 0 Å². The molecule has 3 unspecified atom stereocenters. The first-order chi connectivity index (χ1) is 16.2. The topological polar surface area (TPSA) is 12.5 Å². The Labute approximate surface area is 209 Å². The lowest BCUT2D eigenvalue weighted by Crippen LogP contribution is -2.43. The van der Waals surface area contributed by atoms with Gasteiger partial charge < -0.3 is 9.64 Å². The number of allylic oxidation sites excluding steroid dienone is 4. The highest BCUT2D eigenvalue weighted by Gasteiger charge is 2.47. The fourth-order valence-corrected chi connectivity index (χ4v) is 6.60. The number of likely N-dealkylation sites (tertiary alicyclic amines) is 1. The lowest BCUT2D eigenvalue weighted by Gasteiger charge is -2.40. The van der Waals surface area contributed by atoms with Gasteiger partial charge in [0.05, 0.1) is 16.9 Å². The quantitative estimate of drug-likeness (QED) is 0.302. The first-order valence-electron chi connectivity index (χ1n) is 12.2. The molecule has 7 heteroatoms. The summed E-state index contributed by atoms with van der Waals surface area (Å²) in [6.07, 6.45) is 5.80. The van der Waals surface area contributed by atoms with Gasteiger partial charge in [-0.05, 0) is 73.8 Å². The molecule has 2 heterocycles. The fraction of sp³-hybridized carbons (Fsp3) is 0.556. The summed E-state index contributed by atoms with van der Waals surface area (Å²) in [4.78, 5) is 2.43. The summed E-state index contributed by atoms with van der Waals surface area (Å²) in [5.41, 5.74) is 4.47. The molecule has 1 spiro atoms. The molecule has 0 amide bonds. The predicted molar refractivity (Wildman–Crippen MR) is 130 cm³/mol. The molecule has 0 saturated carbocycles. The SMILES string of the molecule is FC(F)(F)C1CC=C(CCN2CCC3(CC2)OC(C2=CC(Cl)=CC(Cl)C2)c2ccccc23)CC1. The van der Waals surface area contributed by atoms with Crippen molar-refractivity contribution in [2.24, 2.45) is 5.92 Å². The Kier molecular flexibility index (Phi) is 6.93. The van der Waals surface area contributed by atoms with Gasteiger partial charge >= 0.3 is 6.18 Å². The molecule has 1 fully saturated rings. The van der Waals surface area contributed by atoms with Crippen molar-refractivity contribution in [2.75, 3.05) is 19.6 Å². The average Bonchev–Trinajstić information content (AvgIpc) is 3.12. The second kappa shape index (κ2) is 9.65. The van der Waals surface area contributed by atoms with Crippen LogP contribution in [0.2, 0.25) is 0 Å². The van der Waals surface area contributed by atoms with Crippen LogP contribution in [-0.4, -0.2) is 36.1 Å². The summed E-state index contributed by atoms with van der Waals surface area (Å²) in [7, 11) is 0. The van der Waals surface area contributed by atoms with E-state index in [-0.39, 0.29) is 29.9 Å². The van der Waals surface area contributed by atoms with Gasteiger partial charge in [0.15, 0.2) is 0 Å². The van der Waals surface area contributed by atoms with Crippen LogP contribution < -0.4 is 0 Å². The van der Waals surface area contributed by atoms with Crippen molar-refractivity contribution in [3.05, 3.63) is 69.8 Å². The molecule has 1 aromatic rings. The summed E-state index contributed by atoms with van der Waals surface area (Å²) in [6, 6.07) is 8.48. The number of piperidine rings is 1. The summed E-state index contributed by atoms with van der Waals surface area (Å²) in [5.74, 6) is -1.17. The summed E-state index contributed by atoms with van der Waals surface area (Å²) >= 11 is 12.7. The zero-order chi connectivity index (χ0) is 23.9. The number of halogens is 5. The van der Waals surface area contributed by atoms with E-state index in [1.54, 1.807) is 0 Å². The molecule has 2 nitrogen and oxygen atoms in total. The Balaban J connectivity index is 1.22. The van der Waals surface area contributed by atoms with Crippen molar-refractivity contribution >= 4 is 23.2 Å². The van der Waals surface area contributed by atoms with E-state index in [1.165, 1.54) is 16.7 Å². The van der Waals surface area contributed by atoms with Crippen LogP contribution in [0.15, 0.2) is 58.7 Å². The number of nitrogens with zero attached hydrogens (tertiary/aromatic N) is 1. The maximum Gasteiger partial charge on any atom is 0.392 e. The third-order valence-corrected chi connectivity index (χ3v) is 8.40. The Morgan fingerprint density at radius 2 is 1.91 bits per heavy atom. The van der Waals surface area contributed by atoms with Crippen LogP contribution in [-0.2, 0) is 10.3 Å². The number of benzene rings is 1.